The number of hydrogen-bond acceptors (Lipinski definition) is 10. The van der Waals surface area contributed by atoms with Crippen molar-refractivity contribution in [3.63, 3.8) is 0 Å². The molecule has 1 rings (SSSR count). The van der Waals surface area contributed by atoms with E-state index in [2.05, 4.69) is 6.92 Å². The summed E-state index contributed by atoms with van der Waals surface area (Å²) in [5.41, 5.74) is 12.4. The largest absolute Gasteiger partial charge is 0.494 e. The molecule has 0 aromatic heterocycles. The number of nitrogen functional groups attached to an aromatic ring is 2. The molecule has 0 bridgehead atoms. The molecule has 5 N–H and O–H groups in total. The molecule has 0 amide bonds. The van der Waals surface area contributed by atoms with E-state index in [4.69, 9.17) is 34.7 Å². The third-order valence-corrected chi connectivity index (χ3v) is 8.74. The van der Waals surface area contributed by atoms with Crippen LogP contribution in [0.5, 0.6) is 5.75 Å². The smallest absolute Gasteiger partial charge is 0.472 e. The van der Waals surface area contributed by atoms with Crippen LogP contribution in [-0.2, 0) is 32.7 Å². The van der Waals surface area contributed by atoms with Crippen molar-refractivity contribution in [3.8, 4) is 5.75 Å². The molecule has 2 atom stereocenters. The number of quaternary nitrogens is 1. The molecule has 0 radical (unpaired) electrons. The Morgan fingerprint density at radius 3 is 1.90 bits per heavy atom. The van der Waals surface area contributed by atoms with Gasteiger partial charge in [0.1, 0.15) is 25.5 Å². The first kappa shape index (κ1) is 43.7. The summed E-state index contributed by atoms with van der Waals surface area (Å²) in [7, 11) is 1.37. The van der Waals surface area contributed by atoms with Crippen molar-refractivity contribution >= 4 is 31.1 Å². The zero-order valence-corrected chi connectivity index (χ0v) is 31.0. The maximum Gasteiger partial charge on any atom is 0.472 e. The summed E-state index contributed by atoms with van der Waals surface area (Å²) in [5.74, 6) is -0.378. The van der Waals surface area contributed by atoms with E-state index >= 15 is 0 Å². The SMILES string of the molecule is CCCCCCCCCCCCCCCC(=O)OCC(COP(=O)(O)OCC[N+](C)(C)C)OC(=O)CCCCOc1ccc(N)c(N)c1. The molecule has 0 aliphatic rings. The fourth-order valence-electron chi connectivity index (χ4n) is 4.75. The average molecular weight is 703 g/mol. The molecule has 0 heterocycles. The van der Waals surface area contributed by atoms with E-state index in [0.717, 1.165) is 12.8 Å². The van der Waals surface area contributed by atoms with Crippen molar-refractivity contribution in [2.75, 3.05) is 65.6 Å². The number of phosphoric acid groups is 1. The number of carbonyl (C=O) groups is 2. The lowest BCUT2D eigenvalue weighted by molar-refractivity contribution is -0.870. The Morgan fingerprint density at radius 1 is 0.750 bits per heavy atom. The molecule has 48 heavy (non-hydrogen) atoms. The van der Waals surface area contributed by atoms with Crippen molar-refractivity contribution in [2.24, 2.45) is 0 Å². The van der Waals surface area contributed by atoms with Crippen LogP contribution in [0.3, 0.4) is 0 Å². The number of esters is 2. The minimum absolute atomic E-state index is 0.000866. The van der Waals surface area contributed by atoms with Crippen LogP contribution in [0.1, 0.15) is 116 Å². The highest BCUT2D eigenvalue weighted by Gasteiger charge is 2.27. The maximum atomic E-state index is 12.6. The molecule has 0 aliphatic heterocycles. The first-order chi connectivity index (χ1) is 22.8. The highest BCUT2D eigenvalue weighted by atomic mass is 31.2. The van der Waals surface area contributed by atoms with Gasteiger partial charge in [-0.15, -0.1) is 0 Å². The number of likely N-dealkylation sites (N-methyl/N-ethyl adjacent to an activating group) is 1. The summed E-state index contributed by atoms with van der Waals surface area (Å²) >= 11 is 0. The van der Waals surface area contributed by atoms with E-state index in [1.54, 1.807) is 18.2 Å². The normalized spacial score (nSPS) is 13.5. The number of benzene rings is 1. The van der Waals surface area contributed by atoms with Crippen LogP contribution in [-0.4, -0.2) is 81.5 Å². The summed E-state index contributed by atoms with van der Waals surface area (Å²) in [5, 5.41) is 0. The summed E-state index contributed by atoms with van der Waals surface area (Å²) < 4.78 is 39.6. The molecule has 0 aliphatic carbocycles. The second-order valence-electron chi connectivity index (χ2n) is 13.5. The predicted octanol–water partition coefficient (Wildman–Crippen LogP) is 7.18. The lowest BCUT2D eigenvalue weighted by atomic mass is 10.0. The van der Waals surface area contributed by atoms with Gasteiger partial charge in [-0.3, -0.25) is 18.6 Å². The van der Waals surface area contributed by atoms with Gasteiger partial charge in [-0.25, -0.2) is 4.57 Å². The summed E-state index contributed by atoms with van der Waals surface area (Å²) in [6.45, 7) is 2.34. The zero-order chi connectivity index (χ0) is 35.7. The van der Waals surface area contributed by atoms with Crippen LogP contribution < -0.4 is 16.2 Å². The van der Waals surface area contributed by atoms with Crippen LogP contribution in [0.15, 0.2) is 18.2 Å². The predicted molar refractivity (Wildman–Crippen MR) is 190 cm³/mol. The number of nitrogens with zero attached hydrogens (tertiary/aromatic N) is 1. The third kappa shape index (κ3) is 24.7. The lowest BCUT2D eigenvalue weighted by Gasteiger charge is -2.24. The zero-order valence-electron chi connectivity index (χ0n) is 30.1. The van der Waals surface area contributed by atoms with Gasteiger partial charge >= 0.3 is 19.8 Å². The van der Waals surface area contributed by atoms with E-state index in [9.17, 15) is 19.0 Å². The molecule has 2 unspecified atom stereocenters. The quantitative estimate of drug-likeness (QED) is 0.0244. The molecule has 0 saturated carbocycles. The number of nitrogens with two attached hydrogens (primary N) is 2. The van der Waals surface area contributed by atoms with E-state index in [-0.39, 0.29) is 26.1 Å². The Kier molecular flexibility index (Phi) is 23.3. The Hall–Kier alpha value is -2.37. The van der Waals surface area contributed by atoms with Crippen LogP contribution in [0.2, 0.25) is 0 Å². The summed E-state index contributed by atoms with van der Waals surface area (Å²) in [6.07, 6.45) is 16.0. The second kappa shape index (κ2) is 25.6. The van der Waals surface area contributed by atoms with Crippen molar-refractivity contribution in [1.29, 1.82) is 0 Å². The topological polar surface area (TPSA) is 170 Å². The molecule has 0 fully saturated rings. The average Bonchev–Trinajstić information content (AvgIpc) is 3.01. The number of hydrogen-bond donors (Lipinski definition) is 3. The molecular weight excluding hydrogens is 637 g/mol. The Morgan fingerprint density at radius 2 is 1.31 bits per heavy atom. The van der Waals surface area contributed by atoms with Crippen molar-refractivity contribution in [3.05, 3.63) is 18.2 Å². The van der Waals surface area contributed by atoms with Gasteiger partial charge in [0, 0.05) is 18.9 Å². The van der Waals surface area contributed by atoms with Crippen LogP contribution in [0.25, 0.3) is 0 Å². The first-order valence-electron chi connectivity index (χ1n) is 17.9. The van der Waals surface area contributed by atoms with Gasteiger partial charge in [-0.1, -0.05) is 84.0 Å². The molecule has 13 heteroatoms. The fourth-order valence-corrected chi connectivity index (χ4v) is 5.50. The van der Waals surface area contributed by atoms with Crippen molar-refractivity contribution in [2.45, 2.75) is 122 Å². The van der Waals surface area contributed by atoms with Gasteiger partial charge in [-0.05, 0) is 31.4 Å². The van der Waals surface area contributed by atoms with Crippen LogP contribution in [0, 0.1) is 0 Å². The number of unbranched alkanes of at least 4 members (excludes halogenated alkanes) is 13. The van der Waals surface area contributed by atoms with Gasteiger partial charge in [0.15, 0.2) is 6.10 Å². The number of anilines is 2. The second-order valence-corrected chi connectivity index (χ2v) is 14.9. The molecule has 1 aromatic carbocycles. The monoisotopic (exact) mass is 702 g/mol. The Balaban J connectivity index is 2.40. The standard InChI is InChI=1S/C35H64N3O9P/c1-5-6-7-8-9-10-11-12-13-14-15-16-17-20-34(39)44-28-31(29-46-48(41,42)45-26-24-38(2,3)4)47-35(40)21-18-19-25-43-30-22-23-32(36)33(37)27-30/h22-23,27,31H,5-21,24-26,28-29,36-37H2,1-4H3/p+1. The maximum absolute atomic E-state index is 12.6. The molecule has 1 aromatic rings. The fraction of sp³-hybridized carbons (Fsp3) is 0.771. The third-order valence-electron chi connectivity index (χ3n) is 7.76. The number of ether oxygens (including phenoxy) is 3. The first-order valence-corrected chi connectivity index (χ1v) is 19.4. The van der Waals surface area contributed by atoms with Gasteiger partial charge in [0.25, 0.3) is 0 Å². The number of rotatable bonds is 30. The van der Waals surface area contributed by atoms with Gasteiger partial charge < -0.3 is 35.1 Å². The van der Waals surface area contributed by atoms with Crippen molar-refractivity contribution in [1.82, 2.24) is 0 Å². The summed E-state index contributed by atoms with van der Waals surface area (Å²) in [4.78, 5) is 35.1. The Labute approximate surface area is 289 Å². The molecule has 0 spiro atoms. The number of phosphoric ester groups is 1. The lowest BCUT2D eigenvalue weighted by Crippen LogP contribution is -2.37. The summed E-state index contributed by atoms with van der Waals surface area (Å²) in [6, 6.07) is 5.02. The molecule has 12 nitrogen and oxygen atoms in total. The van der Waals surface area contributed by atoms with E-state index in [1.807, 2.05) is 21.1 Å². The van der Waals surface area contributed by atoms with E-state index in [1.165, 1.54) is 64.2 Å². The molecule has 0 saturated heterocycles. The van der Waals surface area contributed by atoms with E-state index in [0.29, 0.717) is 54.0 Å². The van der Waals surface area contributed by atoms with Crippen LogP contribution in [0.4, 0.5) is 11.4 Å². The van der Waals surface area contributed by atoms with Crippen LogP contribution >= 0.6 is 7.82 Å². The highest BCUT2D eigenvalue weighted by molar-refractivity contribution is 7.47. The highest BCUT2D eigenvalue weighted by Crippen LogP contribution is 2.43. The number of carbonyl (C=O) groups excluding carboxylic acids is 2. The molecular formula is C35H65N3O9P+. The minimum atomic E-state index is -4.41. The minimum Gasteiger partial charge on any atom is -0.494 e. The Bertz CT molecular complexity index is 1070. The van der Waals surface area contributed by atoms with Gasteiger partial charge in [-0.2, -0.15) is 0 Å². The molecule has 278 valence electrons. The van der Waals surface area contributed by atoms with Gasteiger partial charge in [0.05, 0.1) is 45.7 Å². The van der Waals surface area contributed by atoms with E-state index < -0.39 is 32.5 Å². The van der Waals surface area contributed by atoms with Crippen molar-refractivity contribution < 1.29 is 46.8 Å². The van der Waals surface area contributed by atoms with Gasteiger partial charge in [0.2, 0.25) is 0 Å².